The summed E-state index contributed by atoms with van der Waals surface area (Å²) in [5.74, 6) is -0.116. The molecule has 2 nitrogen and oxygen atoms in total. The molecule has 0 radical (unpaired) electrons. The van der Waals surface area contributed by atoms with E-state index in [0.717, 1.165) is 24.8 Å². The first-order valence-corrected chi connectivity index (χ1v) is 6.22. The van der Waals surface area contributed by atoms with E-state index in [1.54, 1.807) is 6.07 Å². The van der Waals surface area contributed by atoms with Crippen LogP contribution in [0, 0.1) is 5.82 Å². The van der Waals surface area contributed by atoms with Crippen molar-refractivity contribution in [1.29, 1.82) is 0 Å². The lowest BCUT2D eigenvalue weighted by molar-refractivity contribution is 0.0436. The molecule has 0 spiro atoms. The van der Waals surface area contributed by atoms with Crippen molar-refractivity contribution in [3.8, 4) is 0 Å². The minimum absolute atomic E-state index is 0.0766. The molecule has 1 saturated heterocycles. The highest BCUT2D eigenvalue weighted by atomic mass is 19.1. The maximum Gasteiger partial charge on any atom is 0.126 e. The van der Waals surface area contributed by atoms with Crippen molar-refractivity contribution in [2.75, 3.05) is 13.2 Å². The van der Waals surface area contributed by atoms with Crippen molar-refractivity contribution in [2.45, 2.75) is 37.6 Å². The van der Waals surface area contributed by atoms with Crippen LogP contribution in [0.2, 0.25) is 0 Å². The summed E-state index contributed by atoms with van der Waals surface area (Å²) in [5, 5.41) is 0. The first kappa shape index (κ1) is 12.5. The Balaban J connectivity index is 2.35. The fourth-order valence-corrected chi connectivity index (χ4v) is 2.85. The predicted octanol–water partition coefficient (Wildman–Crippen LogP) is 2.61. The van der Waals surface area contributed by atoms with Gasteiger partial charge in [-0.15, -0.1) is 0 Å². The average Bonchev–Trinajstić information content (AvgIpc) is 2.29. The zero-order valence-electron chi connectivity index (χ0n) is 10.3. The van der Waals surface area contributed by atoms with E-state index in [1.165, 1.54) is 6.07 Å². The molecule has 1 aromatic carbocycles. The van der Waals surface area contributed by atoms with Crippen molar-refractivity contribution >= 4 is 0 Å². The molecule has 1 aliphatic rings. The molecule has 1 fully saturated rings. The number of rotatable bonds is 3. The molecule has 0 aliphatic carbocycles. The van der Waals surface area contributed by atoms with Crippen LogP contribution < -0.4 is 5.73 Å². The summed E-state index contributed by atoms with van der Waals surface area (Å²) in [4.78, 5) is 0. The van der Waals surface area contributed by atoms with Crippen LogP contribution in [0.25, 0.3) is 0 Å². The van der Waals surface area contributed by atoms with Crippen molar-refractivity contribution in [1.82, 2.24) is 0 Å². The van der Waals surface area contributed by atoms with Crippen LogP contribution in [0.3, 0.4) is 0 Å². The van der Waals surface area contributed by atoms with Crippen LogP contribution in [0.1, 0.15) is 31.7 Å². The zero-order valence-corrected chi connectivity index (χ0v) is 10.3. The predicted molar refractivity (Wildman–Crippen MR) is 66.4 cm³/mol. The van der Waals surface area contributed by atoms with Crippen LogP contribution in [0.4, 0.5) is 4.39 Å². The van der Waals surface area contributed by atoms with Crippen molar-refractivity contribution in [3.05, 3.63) is 35.6 Å². The van der Waals surface area contributed by atoms with E-state index in [9.17, 15) is 4.39 Å². The third-order valence-electron chi connectivity index (χ3n) is 3.61. The average molecular weight is 237 g/mol. The zero-order chi connectivity index (χ0) is 12.3. The van der Waals surface area contributed by atoms with E-state index in [4.69, 9.17) is 10.5 Å². The van der Waals surface area contributed by atoms with Gasteiger partial charge in [-0.25, -0.2) is 4.39 Å². The third kappa shape index (κ3) is 2.67. The highest BCUT2D eigenvalue weighted by molar-refractivity contribution is 5.28. The second-order valence-corrected chi connectivity index (χ2v) is 5.05. The van der Waals surface area contributed by atoms with Crippen LogP contribution in [-0.4, -0.2) is 19.3 Å². The van der Waals surface area contributed by atoms with Gasteiger partial charge >= 0.3 is 0 Å². The number of halogens is 1. The molecule has 2 rings (SSSR count). The van der Waals surface area contributed by atoms with E-state index < -0.39 is 0 Å². The first-order valence-electron chi connectivity index (χ1n) is 6.22. The molecule has 0 amide bonds. The summed E-state index contributed by atoms with van der Waals surface area (Å²) in [6, 6.07) is 7.14. The standard InChI is InChI=1S/C14H20FNO/c1-11(16)10-14(6-8-17-9-7-14)12-4-2-3-5-13(12)15/h2-5,11H,6-10,16H2,1H3. The van der Waals surface area contributed by atoms with Gasteiger partial charge in [0.2, 0.25) is 0 Å². The lowest BCUT2D eigenvalue weighted by Crippen LogP contribution is -2.39. The quantitative estimate of drug-likeness (QED) is 0.877. The lowest BCUT2D eigenvalue weighted by atomic mass is 9.70. The van der Waals surface area contributed by atoms with Crippen molar-refractivity contribution in [3.63, 3.8) is 0 Å². The molecule has 1 atom stereocenters. The lowest BCUT2D eigenvalue weighted by Gasteiger charge is -2.39. The number of hydrogen-bond donors (Lipinski definition) is 1. The van der Waals surface area contributed by atoms with Crippen LogP contribution in [0.15, 0.2) is 24.3 Å². The largest absolute Gasteiger partial charge is 0.381 e. The monoisotopic (exact) mass is 237 g/mol. The Morgan fingerprint density at radius 1 is 1.35 bits per heavy atom. The molecule has 0 aromatic heterocycles. The van der Waals surface area contributed by atoms with Crippen molar-refractivity contribution in [2.24, 2.45) is 5.73 Å². The summed E-state index contributed by atoms with van der Waals surface area (Å²) in [7, 11) is 0. The summed E-state index contributed by atoms with van der Waals surface area (Å²) in [5.41, 5.74) is 6.60. The van der Waals surface area contributed by atoms with Gasteiger partial charge in [0.25, 0.3) is 0 Å². The fraction of sp³-hybridized carbons (Fsp3) is 0.571. The smallest absolute Gasteiger partial charge is 0.126 e. The maximum atomic E-state index is 14.0. The first-order chi connectivity index (χ1) is 8.14. The summed E-state index contributed by atoms with van der Waals surface area (Å²) < 4.78 is 19.4. The molecule has 1 aliphatic heterocycles. The molecular formula is C14H20FNO. The Kier molecular flexibility index (Phi) is 3.79. The molecule has 0 saturated carbocycles. The van der Waals surface area contributed by atoms with Gasteiger partial charge in [-0.2, -0.15) is 0 Å². The number of hydrogen-bond acceptors (Lipinski definition) is 2. The Hall–Kier alpha value is -0.930. The second-order valence-electron chi connectivity index (χ2n) is 5.05. The molecule has 94 valence electrons. The SMILES string of the molecule is CC(N)CC1(c2ccccc2F)CCOCC1. The van der Waals surface area contributed by atoms with Crippen LogP contribution >= 0.6 is 0 Å². The van der Waals surface area contributed by atoms with Gasteiger partial charge in [0.05, 0.1) is 0 Å². The Morgan fingerprint density at radius 3 is 2.59 bits per heavy atom. The van der Waals surface area contributed by atoms with E-state index >= 15 is 0 Å². The second kappa shape index (κ2) is 5.15. The Bertz CT molecular complexity index is 372. The molecule has 1 unspecified atom stereocenters. The highest BCUT2D eigenvalue weighted by Gasteiger charge is 2.36. The molecule has 1 aromatic rings. The maximum absolute atomic E-state index is 14.0. The van der Waals surface area contributed by atoms with Crippen LogP contribution in [0.5, 0.6) is 0 Å². The third-order valence-corrected chi connectivity index (χ3v) is 3.61. The van der Waals surface area contributed by atoms with Gasteiger partial charge < -0.3 is 10.5 Å². The van der Waals surface area contributed by atoms with Gasteiger partial charge in [0.1, 0.15) is 5.82 Å². The molecule has 3 heteroatoms. The van der Waals surface area contributed by atoms with Gasteiger partial charge in [0.15, 0.2) is 0 Å². The Morgan fingerprint density at radius 2 is 2.00 bits per heavy atom. The fourth-order valence-electron chi connectivity index (χ4n) is 2.85. The minimum Gasteiger partial charge on any atom is -0.381 e. The van der Waals surface area contributed by atoms with Gasteiger partial charge in [-0.1, -0.05) is 18.2 Å². The van der Waals surface area contributed by atoms with Gasteiger partial charge in [-0.3, -0.25) is 0 Å². The molecule has 0 bridgehead atoms. The highest BCUT2D eigenvalue weighted by Crippen LogP contribution is 2.39. The topological polar surface area (TPSA) is 35.2 Å². The van der Waals surface area contributed by atoms with Gasteiger partial charge in [-0.05, 0) is 37.8 Å². The number of ether oxygens (including phenoxy) is 1. The normalized spacial score (nSPS) is 21.1. The number of benzene rings is 1. The van der Waals surface area contributed by atoms with E-state index in [2.05, 4.69) is 0 Å². The summed E-state index contributed by atoms with van der Waals surface area (Å²) >= 11 is 0. The molecular weight excluding hydrogens is 217 g/mol. The summed E-state index contributed by atoms with van der Waals surface area (Å²) in [6.45, 7) is 3.38. The van der Waals surface area contributed by atoms with E-state index in [0.29, 0.717) is 13.2 Å². The van der Waals surface area contributed by atoms with E-state index in [-0.39, 0.29) is 17.3 Å². The molecule has 2 N–H and O–H groups in total. The Labute approximate surface area is 102 Å². The van der Waals surface area contributed by atoms with Crippen LogP contribution in [-0.2, 0) is 10.2 Å². The van der Waals surface area contributed by atoms with Crippen molar-refractivity contribution < 1.29 is 9.13 Å². The van der Waals surface area contributed by atoms with E-state index in [1.807, 2.05) is 19.1 Å². The molecule has 17 heavy (non-hydrogen) atoms. The van der Waals surface area contributed by atoms with Gasteiger partial charge in [0, 0.05) is 24.7 Å². The molecule has 1 heterocycles. The minimum atomic E-state index is -0.141. The summed E-state index contributed by atoms with van der Waals surface area (Å²) in [6.07, 6.45) is 2.53. The number of nitrogens with two attached hydrogens (primary N) is 1.